The summed E-state index contributed by atoms with van der Waals surface area (Å²) in [5, 5.41) is 3.33. The van der Waals surface area contributed by atoms with Crippen LogP contribution in [0.15, 0.2) is 36.5 Å². The number of imidazole rings is 1. The quantitative estimate of drug-likeness (QED) is 0.593. The standard InChI is InChI=1S/C20H19ClF3N5O/c1-12-4-5-13(21)11-16(12)27-19(30)28-9-6-14(7-10-28)29-17-15(3-2-8-25-17)26-18(29)20(22,23)24/h2-5,8,11,14H,6-7,9-10H2,1H3,(H,27,30). The number of carbonyl (C=O) groups excluding carboxylic acids is 1. The van der Waals surface area contributed by atoms with Crippen LogP contribution in [-0.2, 0) is 6.18 Å². The zero-order valence-corrected chi connectivity index (χ0v) is 16.8. The highest BCUT2D eigenvalue weighted by atomic mass is 35.5. The van der Waals surface area contributed by atoms with Crippen molar-refractivity contribution in [3.63, 3.8) is 0 Å². The van der Waals surface area contributed by atoms with Crippen LogP contribution >= 0.6 is 11.6 Å². The van der Waals surface area contributed by atoms with Gasteiger partial charge >= 0.3 is 12.2 Å². The topological polar surface area (TPSA) is 63.1 Å². The molecular formula is C20H19ClF3N5O. The molecule has 1 aliphatic rings. The van der Waals surface area contributed by atoms with Gasteiger partial charge in [-0.3, -0.25) is 0 Å². The van der Waals surface area contributed by atoms with Crippen LogP contribution in [0.3, 0.4) is 0 Å². The van der Waals surface area contributed by atoms with Gasteiger partial charge in [0.25, 0.3) is 0 Å². The molecule has 0 unspecified atom stereocenters. The average molecular weight is 438 g/mol. The van der Waals surface area contributed by atoms with Crippen LogP contribution in [0.1, 0.15) is 30.3 Å². The molecule has 1 fully saturated rings. The van der Waals surface area contributed by atoms with Crippen molar-refractivity contribution in [2.75, 3.05) is 18.4 Å². The van der Waals surface area contributed by atoms with Gasteiger partial charge in [0.05, 0.1) is 0 Å². The van der Waals surface area contributed by atoms with E-state index in [1.807, 2.05) is 6.92 Å². The Balaban J connectivity index is 1.51. The molecule has 2 aromatic heterocycles. The summed E-state index contributed by atoms with van der Waals surface area (Å²) in [6, 6.07) is 7.54. The first-order valence-corrected chi connectivity index (χ1v) is 9.84. The summed E-state index contributed by atoms with van der Waals surface area (Å²) in [6.45, 7) is 2.49. The number of pyridine rings is 1. The number of alkyl halides is 3. The molecule has 3 heterocycles. The predicted molar refractivity (Wildman–Crippen MR) is 108 cm³/mol. The molecule has 6 nitrogen and oxygen atoms in total. The number of hydrogen-bond donors (Lipinski definition) is 1. The molecule has 0 spiro atoms. The van der Waals surface area contributed by atoms with Crippen molar-refractivity contribution in [1.82, 2.24) is 19.4 Å². The Morgan fingerprint density at radius 2 is 1.97 bits per heavy atom. The van der Waals surface area contributed by atoms with Gasteiger partial charge in [-0.05, 0) is 49.6 Å². The molecule has 2 amide bonds. The van der Waals surface area contributed by atoms with Gasteiger partial charge in [-0.1, -0.05) is 17.7 Å². The van der Waals surface area contributed by atoms with Crippen molar-refractivity contribution >= 4 is 34.5 Å². The summed E-state index contributed by atoms with van der Waals surface area (Å²) < 4.78 is 41.9. The minimum absolute atomic E-state index is 0.210. The lowest BCUT2D eigenvalue weighted by Crippen LogP contribution is -2.42. The van der Waals surface area contributed by atoms with Gasteiger partial charge in [-0.2, -0.15) is 13.2 Å². The fraction of sp³-hybridized carbons (Fsp3) is 0.350. The number of likely N-dealkylation sites (tertiary alicyclic amines) is 1. The maximum absolute atomic E-state index is 13.6. The highest BCUT2D eigenvalue weighted by molar-refractivity contribution is 6.31. The lowest BCUT2D eigenvalue weighted by atomic mass is 10.0. The molecule has 0 aliphatic carbocycles. The first-order valence-electron chi connectivity index (χ1n) is 9.46. The smallest absolute Gasteiger partial charge is 0.324 e. The molecule has 1 N–H and O–H groups in total. The Kier molecular flexibility index (Phi) is 5.31. The number of benzene rings is 1. The average Bonchev–Trinajstić information content (AvgIpc) is 3.11. The number of aryl methyl sites for hydroxylation is 1. The number of amides is 2. The van der Waals surface area contributed by atoms with Crippen LogP contribution < -0.4 is 5.32 Å². The van der Waals surface area contributed by atoms with E-state index in [9.17, 15) is 18.0 Å². The van der Waals surface area contributed by atoms with Gasteiger partial charge in [0.1, 0.15) is 5.52 Å². The monoisotopic (exact) mass is 437 g/mol. The summed E-state index contributed by atoms with van der Waals surface area (Å²) in [6.07, 6.45) is -2.39. The fourth-order valence-electron chi connectivity index (χ4n) is 3.73. The molecule has 158 valence electrons. The summed E-state index contributed by atoms with van der Waals surface area (Å²) in [4.78, 5) is 22.1. The third-order valence-corrected chi connectivity index (χ3v) is 5.50. The normalized spacial score (nSPS) is 15.6. The summed E-state index contributed by atoms with van der Waals surface area (Å²) >= 11 is 5.99. The van der Waals surface area contributed by atoms with Crippen molar-refractivity contribution in [3.8, 4) is 0 Å². The molecule has 0 radical (unpaired) electrons. The second-order valence-electron chi connectivity index (χ2n) is 7.26. The number of carbonyl (C=O) groups is 1. The second-order valence-corrected chi connectivity index (χ2v) is 7.69. The van der Waals surface area contributed by atoms with E-state index in [0.717, 1.165) is 5.56 Å². The van der Waals surface area contributed by atoms with E-state index in [1.165, 1.54) is 16.8 Å². The summed E-state index contributed by atoms with van der Waals surface area (Å²) in [7, 11) is 0. The number of fused-ring (bicyclic) bond motifs is 1. The Bertz CT molecular complexity index is 1090. The number of anilines is 1. The van der Waals surface area contributed by atoms with Crippen molar-refractivity contribution in [2.45, 2.75) is 32.0 Å². The highest BCUT2D eigenvalue weighted by Crippen LogP contribution is 2.36. The summed E-state index contributed by atoms with van der Waals surface area (Å²) in [5.41, 5.74) is 1.90. The molecule has 10 heteroatoms. The van der Waals surface area contributed by atoms with E-state index in [-0.39, 0.29) is 17.2 Å². The second kappa shape index (κ2) is 7.79. The molecule has 1 saturated heterocycles. The number of piperidine rings is 1. The van der Waals surface area contributed by atoms with Crippen molar-refractivity contribution in [2.24, 2.45) is 0 Å². The zero-order chi connectivity index (χ0) is 21.5. The number of hydrogen-bond acceptors (Lipinski definition) is 3. The fourth-order valence-corrected chi connectivity index (χ4v) is 3.90. The number of halogens is 4. The Hall–Kier alpha value is -2.81. The van der Waals surface area contributed by atoms with Gasteiger partial charge in [0.2, 0.25) is 5.82 Å². The number of nitrogens with zero attached hydrogens (tertiary/aromatic N) is 4. The molecular weight excluding hydrogens is 419 g/mol. The lowest BCUT2D eigenvalue weighted by molar-refractivity contribution is -0.147. The van der Waals surface area contributed by atoms with E-state index in [1.54, 1.807) is 29.2 Å². The van der Waals surface area contributed by atoms with Gasteiger partial charge < -0.3 is 14.8 Å². The molecule has 0 bridgehead atoms. The molecule has 0 atom stereocenters. The molecule has 4 rings (SSSR count). The van der Waals surface area contributed by atoms with Crippen LogP contribution in [-0.4, -0.2) is 38.6 Å². The van der Waals surface area contributed by atoms with Gasteiger partial charge in [0, 0.05) is 36.0 Å². The first-order chi connectivity index (χ1) is 14.2. The number of rotatable bonds is 2. The number of aromatic nitrogens is 3. The van der Waals surface area contributed by atoms with E-state index in [4.69, 9.17) is 11.6 Å². The third kappa shape index (κ3) is 3.94. The molecule has 1 aromatic carbocycles. The number of urea groups is 1. The Morgan fingerprint density at radius 1 is 1.23 bits per heavy atom. The van der Waals surface area contributed by atoms with E-state index >= 15 is 0 Å². The van der Waals surface area contributed by atoms with E-state index < -0.39 is 18.0 Å². The minimum atomic E-state index is -4.58. The summed E-state index contributed by atoms with van der Waals surface area (Å²) in [5.74, 6) is -0.950. The van der Waals surface area contributed by atoms with Crippen LogP contribution in [0.5, 0.6) is 0 Å². The van der Waals surface area contributed by atoms with E-state index in [0.29, 0.717) is 36.6 Å². The van der Waals surface area contributed by atoms with Crippen LogP contribution in [0.2, 0.25) is 5.02 Å². The Morgan fingerprint density at radius 3 is 2.67 bits per heavy atom. The van der Waals surface area contributed by atoms with Crippen molar-refractivity contribution < 1.29 is 18.0 Å². The van der Waals surface area contributed by atoms with Crippen LogP contribution in [0, 0.1) is 6.92 Å². The van der Waals surface area contributed by atoms with Gasteiger partial charge in [0.15, 0.2) is 5.65 Å². The van der Waals surface area contributed by atoms with Crippen molar-refractivity contribution in [3.05, 3.63) is 52.9 Å². The lowest BCUT2D eigenvalue weighted by Gasteiger charge is -2.33. The minimum Gasteiger partial charge on any atom is -0.324 e. The Labute approximate surface area is 175 Å². The molecule has 1 aliphatic heterocycles. The van der Waals surface area contributed by atoms with Gasteiger partial charge in [-0.25, -0.2) is 14.8 Å². The van der Waals surface area contributed by atoms with E-state index in [2.05, 4.69) is 15.3 Å². The third-order valence-electron chi connectivity index (χ3n) is 5.26. The van der Waals surface area contributed by atoms with Gasteiger partial charge in [-0.15, -0.1) is 0 Å². The predicted octanol–water partition coefficient (Wildman–Crippen LogP) is 5.28. The zero-order valence-electron chi connectivity index (χ0n) is 16.1. The SMILES string of the molecule is Cc1ccc(Cl)cc1NC(=O)N1CCC(n2c(C(F)(F)F)nc3cccnc32)CC1. The maximum Gasteiger partial charge on any atom is 0.449 e. The first kappa shape index (κ1) is 20.5. The van der Waals surface area contributed by atoms with Crippen molar-refractivity contribution in [1.29, 1.82) is 0 Å². The molecule has 30 heavy (non-hydrogen) atoms. The largest absolute Gasteiger partial charge is 0.449 e. The highest BCUT2D eigenvalue weighted by Gasteiger charge is 2.40. The van der Waals surface area contributed by atoms with Crippen LogP contribution in [0.4, 0.5) is 23.7 Å². The van der Waals surface area contributed by atoms with Crippen LogP contribution in [0.25, 0.3) is 11.2 Å². The molecule has 0 saturated carbocycles. The molecule has 3 aromatic rings. The maximum atomic E-state index is 13.6. The number of nitrogens with one attached hydrogen (secondary N) is 1.